The standard InChI is InChI=1S/2C8H16O2.3C2H5O.Nb/c2*1-3-5-6-7(4-2)8(9)10;3*1-2-3;/h2*7H,3-6H2,1-2H3,(H,9,10);3*2H2,1H3;/q;;3*-1;+5/p-2. The van der Waals surface area contributed by atoms with E-state index in [1.807, 2.05) is 13.8 Å². The van der Waals surface area contributed by atoms with Crippen molar-refractivity contribution in [1.82, 2.24) is 0 Å². The van der Waals surface area contributed by atoms with Crippen LogP contribution in [0.1, 0.15) is 99.8 Å². The van der Waals surface area contributed by atoms with Crippen LogP contribution in [0.2, 0.25) is 0 Å². The van der Waals surface area contributed by atoms with Crippen LogP contribution >= 0.6 is 0 Å². The molecule has 0 aliphatic heterocycles. The van der Waals surface area contributed by atoms with Gasteiger partial charge >= 0.3 is 22.4 Å². The summed E-state index contributed by atoms with van der Waals surface area (Å²) in [5, 5.41) is 47.4. The molecule has 0 radical (unpaired) electrons. The number of rotatable bonds is 10. The maximum Gasteiger partial charge on any atom is 5.00 e. The Morgan fingerprint density at radius 3 is 0.900 bits per heavy atom. The van der Waals surface area contributed by atoms with Crippen LogP contribution in [0.5, 0.6) is 0 Å². The second kappa shape index (κ2) is 42.6. The summed E-state index contributed by atoms with van der Waals surface area (Å²) in [4.78, 5) is 20.7. The van der Waals surface area contributed by atoms with Crippen LogP contribution < -0.4 is 25.5 Å². The normalized spacial score (nSPS) is 10.5. The van der Waals surface area contributed by atoms with Gasteiger partial charge in [0.05, 0.1) is 0 Å². The van der Waals surface area contributed by atoms with Crippen molar-refractivity contribution >= 4 is 11.9 Å². The fourth-order valence-corrected chi connectivity index (χ4v) is 1.88. The molecule has 8 heteroatoms. The Morgan fingerprint density at radius 2 is 0.800 bits per heavy atom. The van der Waals surface area contributed by atoms with Gasteiger partial charge in [-0.25, -0.2) is 0 Å². The number of hydrogen-bond acceptors (Lipinski definition) is 7. The maximum absolute atomic E-state index is 10.3. The molecule has 0 heterocycles. The fourth-order valence-electron chi connectivity index (χ4n) is 1.88. The third-order valence-electron chi connectivity index (χ3n) is 3.46. The van der Waals surface area contributed by atoms with Gasteiger partial charge in [-0.2, -0.15) is 0 Å². The first-order valence-electron chi connectivity index (χ1n) is 10.8. The molecule has 0 fully saturated rings. The molecule has 2 atom stereocenters. The number of carboxylic acid groups (broad SMARTS) is 2. The predicted molar refractivity (Wildman–Crippen MR) is 108 cm³/mol. The van der Waals surface area contributed by atoms with Crippen LogP contribution in [0.15, 0.2) is 0 Å². The van der Waals surface area contributed by atoms with E-state index in [2.05, 4.69) is 13.8 Å². The summed E-state index contributed by atoms with van der Waals surface area (Å²) in [5.41, 5.74) is 0. The zero-order valence-electron chi connectivity index (χ0n) is 20.2. The average Bonchev–Trinajstić information content (AvgIpc) is 2.65. The molecule has 0 aliphatic carbocycles. The van der Waals surface area contributed by atoms with Gasteiger partial charge in [0.2, 0.25) is 0 Å². The van der Waals surface area contributed by atoms with Crippen LogP contribution in [0.25, 0.3) is 0 Å². The molecule has 2 unspecified atom stereocenters. The van der Waals surface area contributed by atoms with Crippen LogP contribution in [0.4, 0.5) is 0 Å². The maximum atomic E-state index is 10.3. The molecule has 0 aliphatic rings. The van der Waals surface area contributed by atoms with Crippen molar-refractivity contribution in [3.05, 3.63) is 0 Å². The Kier molecular flexibility index (Phi) is 61.7. The first kappa shape index (κ1) is 43.4. The van der Waals surface area contributed by atoms with Crippen molar-refractivity contribution < 1.29 is 57.5 Å². The molecule has 0 aromatic rings. The summed E-state index contributed by atoms with van der Waals surface area (Å²) in [7, 11) is 0. The summed E-state index contributed by atoms with van der Waals surface area (Å²) in [6.45, 7) is 12.6. The minimum absolute atomic E-state index is 0. The molecule has 7 nitrogen and oxygen atoms in total. The Hall–Kier alpha value is -0.440. The first-order chi connectivity index (χ1) is 13.7. The number of carbonyl (C=O) groups is 2. The first-order valence-corrected chi connectivity index (χ1v) is 10.8. The number of hydrogen-bond donors (Lipinski definition) is 0. The zero-order chi connectivity index (χ0) is 24.1. The van der Waals surface area contributed by atoms with Gasteiger partial charge in [0.1, 0.15) is 0 Å². The fraction of sp³-hybridized carbons (Fsp3) is 0.909. The van der Waals surface area contributed by atoms with Crippen molar-refractivity contribution in [3.8, 4) is 0 Å². The smallest absolute Gasteiger partial charge is 0.855 e. The SMILES string of the molecule is CCCCC(CC)C(=O)[O-].CCCCC(CC)C(=O)[O-].CC[O-].CC[O-].CC[O-].[Nb+5]. The van der Waals surface area contributed by atoms with E-state index in [-0.39, 0.29) is 54.0 Å². The van der Waals surface area contributed by atoms with Gasteiger partial charge in [0.25, 0.3) is 0 Å². The minimum atomic E-state index is -0.893. The molecular weight excluding hydrogens is 469 g/mol. The Labute approximate surface area is 200 Å². The van der Waals surface area contributed by atoms with Gasteiger partial charge < -0.3 is 35.1 Å². The molecule has 0 saturated heterocycles. The van der Waals surface area contributed by atoms with Crippen LogP contribution in [0.3, 0.4) is 0 Å². The van der Waals surface area contributed by atoms with E-state index in [1.54, 1.807) is 20.8 Å². The number of carboxylic acids is 2. The van der Waals surface area contributed by atoms with Crippen molar-refractivity contribution in [2.45, 2.75) is 99.8 Å². The van der Waals surface area contributed by atoms with E-state index in [0.29, 0.717) is 12.8 Å². The molecule has 0 saturated carbocycles. The molecule has 0 aromatic carbocycles. The minimum Gasteiger partial charge on any atom is -0.855 e. The van der Waals surface area contributed by atoms with E-state index in [4.69, 9.17) is 15.3 Å². The molecule has 180 valence electrons. The van der Waals surface area contributed by atoms with Gasteiger partial charge in [-0.1, -0.05) is 74.1 Å². The van der Waals surface area contributed by atoms with Crippen molar-refractivity contribution in [2.24, 2.45) is 11.8 Å². The van der Waals surface area contributed by atoms with Crippen LogP contribution in [-0.2, 0) is 32.0 Å². The van der Waals surface area contributed by atoms with E-state index < -0.39 is 11.9 Å². The average molecular weight is 515 g/mol. The molecule has 0 spiro atoms. The van der Waals surface area contributed by atoms with E-state index in [1.165, 1.54) is 0 Å². The van der Waals surface area contributed by atoms with Crippen LogP contribution in [-0.4, -0.2) is 31.8 Å². The molecular formula is C22H45NbO7. The topological polar surface area (TPSA) is 149 Å². The quantitative estimate of drug-likeness (QED) is 0.373. The van der Waals surface area contributed by atoms with E-state index in [0.717, 1.165) is 38.5 Å². The Morgan fingerprint density at radius 1 is 0.600 bits per heavy atom. The van der Waals surface area contributed by atoms with Crippen molar-refractivity contribution in [1.29, 1.82) is 0 Å². The Balaban J connectivity index is -0.0000000673. The van der Waals surface area contributed by atoms with Crippen LogP contribution in [0, 0.1) is 11.8 Å². The second-order valence-corrected chi connectivity index (χ2v) is 6.00. The summed E-state index contributed by atoms with van der Waals surface area (Å²) in [6, 6.07) is 0. The van der Waals surface area contributed by atoms with Gasteiger partial charge in [-0.3, -0.25) is 0 Å². The molecule has 30 heavy (non-hydrogen) atoms. The van der Waals surface area contributed by atoms with Gasteiger partial charge in [-0.05, 0) is 37.5 Å². The van der Waals surface area contributed by atoms with Gasteiger partial charge in [0, 0.05) is 11.9 Å². The summed E-state index contributed by atoms with van der Waals surface area (Å²) >= 11 is 0. The largest absolute Gasteiger partial charge is 5.00 e. The second-order valence-electron chi connectivity index (χ2n) is 6.00. The molecule has 0 N–H and O–H groups in total. The number of unbranched alkanes of at least 4 members (excludes halogenated alkanes) is 2. The third kappa shape index (κ3) is 50.8. The van der Waals surface area contributed by atoms with E-state index >= 15 is 0 Å². The summed E-state index contributed by atoms with van der Waals surface area (Å²) in [6.07, 6.45) is 7.04. The third-order valence-corrected chi connectivity index (χ3v) is 3.46. The number of aliphatic carboxylic acids is 2. The molecule has 0 amide bonds. The molecule has 0 rings (SSSR count). The van der Waals surface area contributed by atoms with Crippen molar-refractivity contribution in [3.63, 3.8) is 0 Å². The molecule has 0 bridgehead atoms. The number of carbonyl (C=O) groups excluding carboxylic acids is 2. The monoisotopic (exact) mass is 514 g/mol. The molecule has 0 aromatic heterocycles. The van der Waals surface area contributed by atoms with Gasteiger partial charge in [0.15, 0.2) is 0 Å². The van der Waals surface area contributed by atoms with Gasteiger partial charge in [-0.15, -0.1) is 19.8 Å². The zero-order valence-corrected chi connectivity index (χ0v) is 22.4. The van der Waals surface area contributed by atoms with E-state index in [9.17, 15) is 19.8 Å². The summed E-state index contributed by atoms with van der Waals surface area (Å²) in [5.74, 6) is -2.23. The van der Waals surface area contributed by atoms with Crippen molar-refractivity contribution in [2.75, 3.05) is 19.8 Å². The Bertz CT molecular complexity index is 272. The summed E-state index contributed by atoms with van der Waals surface area (Å²) < 4.78 is 0. The predicted octanol–water partition coefficient (Wildman–Crippen LogP) is 0.00270.